The zero-order valence-electron chi connectivity index (χ0n) is 12.4. The molecule has 2 aromatic carbocycles. The molecular formula is C17H17ClO4. The summed E-state index contributed by atoms with van der Waals surface area (Å²) >= 11 is 5.82. The van der Waals surface area contributed by atoms with Gasteiger partial charge in [0.25, 0.3) is 0 Å². The topological polar surface area (TPSA) is 55.8 Å². The summed E-state index contributed by atoms with van der Waals surface area (Å²) in [4.78, 5) is 11.3. The third-order valence-electron chi connectivity index (χ3n) is 3.24. The molecule has 4 nitrogen and oxygen atoms in total. The minimum absolute atomic E-state index is 0.110. The first-order valence-electron chi connectivity index (χ1n) is 6.74. The van der Waals surface area contributed by atoms with Crippen molar-refractivity contribution in [1.29, 1.82) is 0 Å². The van der Waals surface area contributed by atoms with Gasteiger partial charge < -0.3 is 14.6 Å². The minimum atomic E-state index is -1.29. The van der Waals surface area contributed by atoms with Gasteiger partial charge in [0.05, 0.1) is 19.1 Å². The van der Waals surface area contributed by atoms with E-state index in [9.17, 15) is 9.90 Å². The quantitative estimate of drug-likeness (QED) is 0.849. The third-order valence-corrected chi connectivity index (χ3v) is 3.49. The summed E-state index contributed by atoms with van der Waals surface area (Å²) in [6, 6.07) is 13.9. The molecule has 0 radical (unpaired) electrons. The number of carbonyl (C=O) groups excluding carboxylic acids is 1. The number of carbonyl (C=O) groups is 1. The van der Waals surface area contributed by atoms with Gasteiger partial charge in [-0.1, -0.05) is 23.7 Å². The molecule has 1 atom stereocenters. The lowest BCUT2D eigenvalue weighted by Gasteiger charge is -2.22. The summed E-state index contributed by atoms with van der Waals surface area (Å²) in [5.74, 6) is 0.824. The summed E-state index contributed by atoms with van der Waals surface area (Å²) in [6.07, 6.45) is -0.110. The Kier molecular flexibility index (Phi) is 5.06. The molecule has 0 heterocycles. The minimum Gasteiger partial charge on any atom is -0.469 e. The SMILES string of the molecule is COC(=O)CC(C)(O)c1ccc(Oc2ccc(Cl)cc2)cc1. The highest BCUT2D eigenvalue weighted by atomic mass is 35.5. The van der Waals surface area contributed by atoms with Gasteiger partial charge in [-0.05, 0) is 48.9 Å². The lowest BCUT2D eigenvalue weighted by atomic mass is 9.92. The van der Waals surface area contributed by atoms with Crippen molar-refractivity contribution in [1.82, 2.24) is 0 Å². The molecule has 0 aromatic heterocycles. The Balaban J connectivity index is 2.09. The van der Waals surface area contributed by atoms with Gasteiger partial charge in [-0.3, -0.25) is 4.79 Å². The Morgan fingerprint density at radius 1 is 1.09 bits per heavy atom. The molecule has 0 aliphatic rings. The maximum absolute atomic E-state index is 11.3. The number of methoxy groups -OCH3 is 1. The highest BCUT2D eigenvalue weighted by molar-refractivity contribution is 6.30. The van der Waals surface area contributed by atoms with Crippen LogP contribution in [0.15, 0.2) is 48.5 Å². The Hall–Kier alpha value is -2.04. The van der Waals surface area contributed by atoms with Crippen LogP contribution in [-0.2, 0) is 15.1 Å². The first kappa shape index (κ1) is 16.3. The maximum Gasteiger partial charge on any atom is 0.308 e. The molecule has 0 saturated carbocycles. The summed E-state index contributed by atoms with van der Waals surface area (Å²) in [5.41, 5.74) is -0.673. The van der Waals surface area contributed by atoms with E-state index in [2.05, 4.69) is 4.74 Å². The van der Waals surface area contributed by atoms with Crippen LogP contribution < -0.4 is 4.74 Å². The molecule has 2 aromatic rings. The van der Waals surface area contributed by atoms with Crippen LogP contribution in [0.3, 0.4) is 0 Å². The molecule has 5 heteroatoms. The number of esters is 1. The molecular weight excluding hydrogens is 304 g/mol. The van der Waals surface area contributed by atoms with Crippen molar-refractivity contribution in [3.05, 3.63) is 59.1 Å². The zero-order chi connectivity index (χ0) is 16.2. The molecule has 1 unspecified atom stereocenters. The van der Waals surface area contributed by atoms with E-state index in [1.807, 2.05) is 0 Å². The van der Waals surface area contributed by atoms with Crippen LogP contribution in [0.25, 0.3) is 0 Å². The fourth-order valence-electron chi connectivity index (χ4n) is 1.98. The molecule has 1 N–H and O–H groups in total. The summed E-state index contributed by atoms with van der Waals surface area (Å²) < 4.78 is 10.3. The smallest absolute Gasteiger partial charge is 0.308 e. The van der Waals surface area contributed by atoms with Crippen LogP contribution in [0.1, 0.15) is 18.9 Å². The van der Waals surface area contributed by atoms with Gasteiger partial charge in [0.15, 0.2) is 0 Å². The predicted molar refractivity (Wildman–Crippen MR) is 84.2 cm³/mol. The monoisotopic (exact) mass is 320 g/mol. The summed E-state index contributed by atoms with van der Waals surface area (Å²) in [7, 11) is 1.29. The van der Waals surface area contributed by atoms with Gasteiger partial charge in [0.1, 0.15) is 11.5 Å². The van der Waals surface area contributed by atoms with Crippen molar-refractivity contribution in [2.45, 2.75) is 18.9 Å². The molecule has 0 fully saturated rings. The normalized spacial score (nSPS) is 13.3. The van der Waals surface area contributed by atoms with Gasteiger partial charge in [-0.2, -0.15) is 0 Å². The van der Waals surface area contributed by atoms with E-state index in [1.54, 1.807) is 55.5 Å². The molecule has 0 aliphatic carbocycles. The molecule has 116 valence electrons. The van der Waals surface area contributed by atoms with Gasteiger partial charge in [0.2, 0.25) is 0 Å². The molecule has 0 bridgehead atoms. The number of benzene rings is 2. The average Bonchev–Trinajstić information content (AvgIpc) is 2.49. The first-order valence-corrected chi connectivity index (χ1v) is 7.12. The molecule has 0 spiro atoms. The summed E-state index contributed by atoms with van der Waals surface area (Å²) in [6.45, 7) is 1.57. The van der Waals surface area contributed by atoms with Crippen molar-refractivity contribution >= 4 is 17.6 Å². The molecule has 0 aliphatic heterocycles. The van der Waals surface area contributed by atoms with Crippen LogP contribution in [0.2, 0.25) is 5.02 Å². The van der Waals surface area contributed by atoms with Crippen molar-refractivity contribution in [2.24, 2.45) is 0 Å². The lowest BCUT2D eigenvalue weighted by Crippen LogP contribution is -2.25. The van der Waals surface area contributed by atoms with E-state index in [-0.39, 0.29) is 6.42 Å². The van der Waals surface area contributed by atoms with E-state index >= 15 is 0 Å². The molecule has 0 saturated heterocycles. The van der Waals surface area contributed by atoms with Crippen LogP contribution in [0.4, 0.5) is 0 Å². The van der Waals surface area contributed by atoms with Crippen molar-refractivity contribution < 1.29 is 19.4 Å². The standard InChI is InChI=1S/C17H17ClO4/c1-17(20,11-16(19)21-2)12-3-7-14(8-4-12)22-15-9-5-13(18)6-10-15/h3-10,20H,11H2,1-2H3. The second kappa shape index (κ2) is 6.81. The number of hydrogen-bond acceptors (Lipinski definition) is 4. The van der Waals surface area contributed by atoms with Crippen LogP contribution in [-0.4, -0.2) is 18.2 Å². The Morgan fingerprint density at radius 3 is 2.09 bits per heavy atom. The van der Waals surface area contributed by atoms with Crippen LogP contribution in [0.5, 0.6) is 11.5 Å². The highest BCUT2D eigenvalue weighted by Crippen LogP contribution is 2.28. The fourth-order valence-corrected chi connectivity index (χ4v) is 2.10. The van der Waals surface area contributed by atoms with Crippen LogP contribution >= 0.6 is 11.6 Å². The van der Waals surface area contributed by atoms with Gasteiger partial charge >= 0.3 is 5.97 Å². The molecule has 0 amide bonds. The van der Waals surface area contributed by atoms with Crippen molar-refractivity contribution in [2.75, 3.05) is 7.11 Å². The number of rotatable bonds is 5. The Labute approximate surface area is 134 Å². The number of halogens is 1. The Morgan fingerprint density at radius 2 is 1.59 bits per heavy atom. The van der Waals surface area contributed by atoms with Crippen molar-refractivity contribution in [3.63, 3.8) is 0 Å². The second-order valence-corrected chi connectivity index (χ2v) is 5.54. The van der Waals surface area contributed by atoms with Crippen molar-refractivity contribution in [3.8, 4) is 11.5 Å². The molecule has 2 rings (SSSR count). The van der Waals surface area contributed by atoms with Gasteiger partial charge in [-0.25, -0.2) is 0 Å². The van der Waals surface area contributed by atoms with E-state index < -0.39 is 11.6 Å². The predicted octanol–water partition coefficient (Wildman–Crippen LogP) is 3.90. The fraction of sp³-hybridized carbons (Fsp3) is 0.235. The molecule has 22 heavy (non-hydrogen) atoms. The maximum atomic E-state index is 11.3. The number of hydrogen-bond donors (Lipinski definition) is 1. The number of ether oxygens (including phenoxy) is 2. The largest absolute Gasteiger partial charge is 0.469 e. The van der Waals surface area contributed by atoms with E-state index in [0.29, 0.717) is 22.1 Å². The van der Waals surface area contributed by atoms with E-state index in [1.165, 1.54) is 7.11 Å². The third kappa shape index (κ3) is 4.23. The lowest BCUT2D eigenvalue weighted by molar-refractivity contribution is -0.145. The first-order chi connectivity index (χ1) is 10.4. The second-order valence-electron chi connectivity index (χ2n) is 5.11. The Bertz CT molecular complexity index is 633. The zero-order valence-corrected chi connectivity index (χ0v) is 13.1. The van der Waals surface area contributed by atoms with E-state index in [0.717, 1.165) is 0 Å². The van der Waals surface area contributed by atoms with Crippen LogP contribution in [0, 0.1) is 0 Å². The van der Waals surface area contributed by atoms with E-state index in [4.69, 9.17) is 16.3 Å². The highest BCUT2D eigenvalue weighted by Gasteiger charge is 2.27. The number of aliphatic hydroxyl groups is 1. The average molecular weight is 321 g/mol. The summed E-state index contributed by atoms with van der Waals surface area (Å²) in [5, 5.41) is 11.0. The van der Waals surface area contributed by atoms with Gasteiger partial charge in [0, 0.05) is 5.02 Å². The van der Waals surface area contributed by atoms with Gasteiger partial charge in [-0.15, -0.1) is 0 Å².